The Balaban J connectivity index is 0.00000364. The minimum absolute atomic E-state index is 0. The maximum Gasteiger partial charge on any atom is 0.241 e. The first-order valence-corrected chi connectivity index (χ1v) is 9.82. The molecule has 0 bridgehead atoms. The lowest BCUT2D eigenvalue weighted by Crippen LogP contribution is -2.43. The van der Waals surface area contributed by atoms with E-state index in [0.717, 1.165) is 32.6 Å². The van der Waals surface area contributed by atoms with Crippen molar-refractivity contribution >= 4 is 35.8 Å². The molecule has 7 heteroatoms. The predicted molar refractivity (Wildman–Crippen MR) is 123 cm³/mol. The van der Waals surface area contributed by atoms with Crippen molar-refractivity contribution in [3.05, 3.63) is 35.9 Å². The molecule has 1 atom stereocenters. The number of halogens is 1. The first-order chi connectivity index (χ1) is 12.7. The maximum atomic E-state index is 11.8. The topological polar surface area (TPSA) is 68.8 Å². The van der Waals surface area contributed by atoms with Crippen LogP contribution in [-0.4, -0.2) is 56.0 Å². The number of guanidine groups is 1. The zero-order chi connectivity index (χ0) is 18.6. The summed E-state index contributed by atoms with van der Waals surface area (Å²) in [5, 5.41) is 9.51. The molecule has 1 aliphatic rings. The van der Waals surface area contributed by atoms with Crippen molar-refractivity contribution in [1.29, 1.82) is 0 Å². The molecule has 1 saturated heterocycles. The lowest BCUT2D eigenvalue weighted by molar-refractivity contribution is -0.119. The summed E-state index contributed by atoms with van der Waals surface area (Å²) in [4.78, 5) is 18.7. The number of nitrogens with one attached hydrogen (secondary N) is 3. The highest BCUT2D eigenvalue weighted by atomic mass is 127. The molecule has 1 aromatic carbocycles. The monoisotopic (exact) mass is 487 g/mol. The number of amides is 1. The highest BCUT2D eigenvalue weighted by molar-refractivity contribution is 14.0. The van der Waals surface area contributed by atoms with E-state index in [1.165, 1.54) is 18.4 Å². The lowest BCUT2D eigenvalue weighted by atomic mass is 10.1. The van der Waals surface area contributed by atoms with Crippen molar-refractivity contribution < 1.29 is 4.79 Å². The second-order valence-electron chi connectivity index (χ2n) is 6.60. The standard InChI is InChI=1S/C20H33N5O.HI/c1-3-12-22-19(26)16-24-20(21-4-2)23-15-18(25-13-8-9-14-25)17-10-6-5-7-11-17;/h5-7,10-11,18H,3-4,8-9,12-16H2,1-2H3,(H,22,26)(H2,21,23,24);1H. The van der Waals surface area contributed by atoms with E-state index in [9.17, 15) is 4.79 Å². The quantitative estimate of drug-likeness (QED) is 0.285. The summed E-state index contributed by atoms with van der Waals surface area (Å²) in [6.45, 7) is 8.72. The fourth-order valence-corrected chi connectivity index (χ4v) is 3.19. The number of hydrogen-bond donors (Lipinski definition) is 3. The smallest absolute Gasteiger partial charge is 0.241 e. The zero-order valence-electron chi connectivity index (χ0n) is 16.5. The van der Waals surface area contributed by atoms with E-state index in [0.29, 0.717) is 18.5 Å². The Kier molecular flexibility index (Phi) is 12.1. The Morgan fingerprint density at radius 2 is 1.81 bits per heavy atom. The third-order valence-electron chi connectivity index (χ3n) is 4.53. The van der Waals surface area contributed by atoms with Gasteiger partial charge in [0.15, 0.2) is 5.96 Å². The van der Waals surface area contributed by atoms with Crippen LogP contribution in [0.25, 0.3) is 0 Å². The van der Waals surface area contributed by atoms with Gasteiger partial charge in [0.2, 0.25) is 5.91 Å². The van der Waals surface area contributed by atoms with Gasteiger partial charge in [0.05, 0.1) is 6.04 Å². The van der Waals surface area contributed by atoms with Crippen LogP contribution >= 0.6 is 24.0 Å². The molecule has 1 aromatic rings. The summed E-state index contributed by atoms with van der Waals surface area (Å²) in [5.41, 5.74) is 1.32. The summed E-state index contributed by atoms with van der Waals surface area (Å²) >= 11 is 0. The largest absolute Gasteiger partial charge is 0.357 e. The summed E-state index contributed by atoms with van der Waals surface area (Å²) in [6, 6.07) is 10.9. The van der Waals surface area contributed by atoms with Gasteiger partial charge in [-0.05, 0) is 44.8 Å². The third-order valence-corrected chi connectivity index (χ3v) is 4.53. The number of nitrogens with zero attached hydrogens (tertiary/aromatic N) is 2. The fourth-order valence-electron chi connectivity index (χ4n) is 3.19. The number of benzene rings is 1. The van der Waals surface area contributed by atoms with Crippen molar-refractivity contribution in [2.24, 2.45) is 4.99 Å². The number of carbonyl (C=O) groups excluding carboxylic acids is 1. The van der Waals surface area contributed by atoms with E-state index in [1.54, 1.807) is 0 Å². The molecule has 2 rings (SSSR count). The highest BCUT2D eigenvalue weighted by Crippen LogP contribution is 2.24. The van der Waals surface area contributed by atoms with Gasteiger partial charge in [-0.3, -0.25) is 9.69 Å². The summed E-state index contributed by atoms with van der Waals surface area (Å²) < 4.78 is 0. The SMILES string of the molecule is CCCNC(=O)CN=C(NCC)NCC(c1ccccc1)N1CCCC1.I. The molecule has 0 radical (unpaired) electrons. The molecule has 0 aromatic heterocycles. The minimum atomic E-state index is -0.0387. The predicted octanol–water partition coefficient (Wildman–Crippen LogP) is 2.52. The van der Waals surface area contributed by atoms with E-state index in [2.05, 4.69) is 56.2 Å². The number of likely N-dealkylation sites (tertiary alicyclic amines) is 1. The summed E-state index contributed by atoms with van der Waals surface area (Å²) in [7, 11) is 0. The number of carbonyl (C=O) groups is 1. The van der Waals surface area contributed by atoms with Gasteiger partial charge in [0.25, 0.3) is 0 Å². The average molecular weight is 487 g/mol. The second kappa shape index (κ2) is 13.8. The van der Waals surface area contributed by atoms with E-state index in [-0.39, 0.29) is 36.4 Å². The first-order valence-electron chi connectivity index (χ1n) is 9.82. The molecule has 152 valence electrons. The Hall–Kier alpha value is -1.35. The van der Waals surface area contributed by atoms with Gasteiger partial charge >= 0.3 is 0 Å². The van der Waals surface area contributed by atoms with Crippen LogP contribution in [0.15, 0.2) is 35.3 Å². The van der Waals surface area contributed by atoms with Crippen LogP contribution in [0, 0.1) is 0 Å². The van der Waals surface area contributed by atoms with Gasteiger partial charge in [-0.2, -0.15) is 0 Å². The molecule has 1 heterocycles. The molecule has 3 N–H and O–H groups in total. The van der Waals surface area contributed by atoms with Crippen molar-refractivity contribution in [3.63, 3.8) is 0 Å². The number of hydrogen-bond acceptors (Lipinski definition) is 3. The Morgan fingerprint density at radius 1 is 1.11 bits per heavy atom. The summed E-state index contributed by atoms with van der Waals surface area (Å²) in [5.74, 6) is 0.655. The van der Waals surface area contributed by atoms with Gasteiger partial charge in [-0.25, -0.2) is 4.99 Å². The van der Waals surface area contributed by atoms with E-state index in [4.69, 9.17) is 0 Å². The van der Waals surface area contributed by atoms with Crippen molar-refractivity contribution in [3.8, 4) is 0 Å². The normalized spacial score (nSPS) is 15.7. The van der Waals surface area contributed by atoms with Crippen LogP contribution < -0.4 is 16.0 Å². The van der Waals surface area contributed by atoms with Gasteiger partial charge in [-0.1, -0.05) is 37.3 Å². The molecule has 0 aliphatic carbocycles. The molecule has 1 amide bonds. The number of aliphatic imine (C=N–C) groups is 1. The van der Waals surface area contributed by atoms with E-state index < -0.39 is 0 Å². The molecular weight excluding hydrogens is 453 g/mol. The van der Waals surface area contributed by atoms with Gasteiger partial charge in [-0.15, -0.1) is 24.0 Å². The van der Waals surface area contributed by atoms with Crippen LogP contribution in [0.3, 0.4) is 0 Å². The van der Waals surface area contributed by atoms with Crippen molar-refractivity contribution in [2.75, 3.05) is 39.3 Å². The first kappa shape index (κ1) is 23.7. The molecular formula is C20H34IN5O. The van der Waals surface area contributed by atoms with Gasteiger partial charge < -0.3 is 16.0 Å². The summed E-state index contributed by atoms with van der Waals surface area (Å²) in [6.07, 6.45) is 3.45. The average Bonchev–Trinajstić information content (AvgIpc) is 3.19. The van der Waals surface area contributed by atoms with Gasteiger partial charge in [0, 0.05) is 19.6 Å². The Labute approximate surface area is 180 Å². The van der Waals surface area contributed by atoms with Crippen LogP contribution in [0.4, 0.5) is 0 Å². The molecule has 1 aliphatic heterocycles. The van der Waals surface area contributed by atoms with Crippen molar-refractivity contribution in [1.82, 2.24) is 20.9 Å². The fraction of sp³-hybridized carbons (Fsp3) is 0.600. The minimum Gasteiger partial charge on any atom is -0.357 e. The lowest BCUT2D eigenvalue weighted by Gasteiger charge is -2.29. The molecule has 1 unspecified atom stereocenters. The van der Waals surface area contributed by atoms with Crippen molar-refractivity contribution in [2.45, 2.75) is 39.2 Å². The van der Waals surface area contributed by atoms with Crippen LogP contribution in [0.2, 0.25) is 0 Å². The van der Waals surface area contributed by atoms with E-state index >= 15 is 0 Å². The molecule has 6 nitrogen and oxygen atoms in total. The van der Waals surface area contributed by atoms with Gasteiger partial charge in [0.1, 0.15) is 6.54 Å². The molecule has 1 fully saturated rings. The number of rotatable bonds is 9. The van der Waals surface area contributed by atoms with E-state index in [1.807, 2.05) is 13.8 Å². The molecule has 27 heavy (non-hydrogen) atoms. The maximum absolute atomic E-state index is 11.8. The second-order valence-corrected chi connectivity index (χ2v) is 6.60. The molecule has 0 saturated carbocycles. The molecule has 0 spiro atoms. The Morgan fingerprint density at radius 3 is 2.44 bits per heavy atom. The van der Waals surface area contributed by atoms with Crippen LogP contribution in [0.1, 0.15) is 44.7 Å². The third kappa shape index (κ3) is 8.47. The van der Waals surface area contributed by atoms with Crippen LogP contribution in [0.5, 0.6) is 0 Å². The highest BCUT2D eigenvalue weighted by Gasteiger charge is 2.23. The van der Waals surface area contributed by atoms with Crippen LogP contribution in [-0.2, 0) is 4.79 Å². The zero-order valence-corrected chi connectivity index (χ0v) is 18.9. The Bertz CT molecular complexity index is 561.